The number of ether oxygens (including phenoxy) is 2. The molecule has 1 amide bonds. The van der Waals surface area contributed by atoms with E-state index in [1.54, 1.807) is 18.9 Å². The average Bonchev–Trinajstić information content (AvgIpc) is 2.97. The third kappa shape index (κ3) is 3.49. The molecule has 1 aliphatic heterocycles. The van der Waals surface area contributed by atoms with Crippen molar-refractivity contribution in [2.24, 2.45) is 5.92 Å². The zero-order valence-corrected chi connectivity index (χ0v) is 14.3. The van der Waals surface area contributed by atoms with Crippen molar-refractivity contribution in [3.05, 3.63) is 29.8 Å². The minimum absolute atomic E-state index is 0.00576. The van der Waals surface area contributed by atoms with Crippen LogP contribution in [0.3, 0.4) is 0 Å². The van der Waals surface area contributed by atoms with Gasteiger partial charge in [-0.05, 0) is 43.9 Å². The fourth-order valence-electron chi connectivity index (χ4n) is 3.22. The highest BCUT2D eigenvalue weighted by Crippen LogP contribution is 2.32. The van der Waals surface area contributed by atoms with Crippen LogP contribution in [0.4, 0.5) is 0 Å². The van der Waals surface area contributed by atoms with Crippen molar-refractivity contribution in [2.75, 3.05) is 20.8 Å². The van der Waals surface area contributed by atoms with Gasteiger partial charge in [-0.15, -0.1) is 0 Å². The molecule has 2 rings (SSSR count). The van der Waals surface area contributed by atoms with E-state index < -0.39 is 5.54 Å². The van der Waals surface area contributed by atoms with Crippen LogP contribution in [-0.2, 0) is 20.7 Å². The van der Waals surface area contributed by atoms with Gasteiger partial charge in [0.05, 0.1) is 14.2 Å². The molecule has 0 N–H and O–H groups in total. The van der Waals surface area contributed by atoms with E-state index in [9.17, 15) is 9.59 Å². The smallest absolute Gasteiger partial charge is 0.331 e. The maximum Gasteiger partial charge on any atom is 0.331 e. The molecule has 0 aromatic heterocycles. The summed E-state index contributed by atoms with van der Waals surface area (Å²) in [5, 5.41) is 0. The normalized spacial score (nSPS) is 21.8. The monoisotopic (exact) mass is 319 g/mol. The molecular weight excluding hydrogens is 294 g/mol. The fourth-order valence-corrected chi connectivity index (χ4v) is 3.22. The molecule has 1 heterocycles. The summed E-state index contributed by atoms with van der Waals surface area (Å²) in [6.45, 7) is 4.31. The molecule has 5 nitrogen and oxygen atoms in total. The Morgan fingerprint density at radius 2 is 1.91 bits per heavy atom. The summed E-state index contributed by atoms with van der Waals surface area (Å²) in [4.78, 5) is 26.6. The molecule has 1 aromatic carbocycles. The topological polar surface area (TPSA) is 55.8 Å². The molecule has 23 heavy (non-hydrogen) atoms. The summed E-state index contributed by atoms with van der Waals surface area (Å²) in [6, 6.07) is 7.71. The maximum atomic E-state index is 12.8. The van der Waals surface area contributed by atoms with Crippen molar-refractivity contribution in [2.45, 2.75) is 38.6 Å². The van der Waals surface area contributed by atoms with Gasteiger partial charge in [-0.3, -0.25) is 4.79 Å². The SMILES string of the molecule is COC(=O)[C@]1(C)CCCN1C(=O)[C@@H](C)Cc1ccc(OC)cc1. The molecule has 0 spiro atoms. The van der Waals surface area contributed by atoms with Crippen LogP contribution < -0.4 is 4.74 Å². The summed E-state index contributed by atoms with van der Waals surface area (Å²) in [6.07, 6.45) is 2.11. The minimum Gasteiger partial charge on any atom is -0.497 e. The highest BCUT2D eigenvalue weighted by atomic mass is 16.5. The number of hydrogen-bond acceptors (Lipinski definition) is 4. The first-order valence-electron chi connectivity index (χ1n) is 7.95. The van der Waals surface area contributed by atoms with Crippen molar-refractivity contribution >= 4 is 11.9 Å². The Balaban J connectivity index is 2.07. The molecule has 2 atom stereocenters. The lowest BCUT2D eigenvalue weighted by molar-refractivity contribution is -0.159. The Hall–Kier alpha value is -2.04. The Kier molecular flexibility index (Phi) is 5.29. The minimum atomic E-state index is -0.833. The number of benzene rings is 1. The molecule has 126 valence electrons. The summed E-state index contributed by atoms with van der Waals surface area (Å²) in [5.41, 5.74) is 0.241. The quantitative estimate of drug-likeness (QED) is 0.782. The van der Waals surface area contributed by atoms with Gasteiger partial charge in [-0.1, -0.05) is 19.1 Å². The summed E-state index contributed by atoms with van der Waals surface area (Å²) < 4.78 is 10.0. The number of carbonyl (C=O) groups is 2. The first kappa shape index (κ1) is 17.3. The third-order valence-corrected chi connectivity index (χ3v) is 4.65. The number of hydrogen-bond donors (Lipinski definition) is 0. The predicted octanol–water partition coefficient (Wildman–Crippen LogP) is 2.43. The van der Waals surface area contributed by atoms with Crippen molar-refractivity contribution < 1.29 is 19.1 Å². The van der Waals surface area contributed by atoms with Crippen LogP contribution in [0.25, 0.3) is 0 Å². The lowest BCUT2D eigenvalue weighted by Gasteiger charge is -2.34. The van der Waals surface area contributed by atoms with Crippen LogP contribution in [-0.4, -0.2) is 43.1 Å². The van der Waals surface area contributed by atoms with Gasteiger partial charge in [-0.25, -0.2) is 4.79 Å². The van der Waals surface area contributed by atoms with Crippen molar-refractivity contribution in [1.29, 1.82) is 0 Å². The number of likely N-dealkylation sites (tertiary alicyclic amines) is 1. The first-order valence-corrected chi connectivity index (χ1v) is 7.95. The largest absolute Gasteiger partial charge is 0.497 e. The van der Waals surface area contributed by atoms with Crippen molar-refractivity contribution in [3.8, 4) is 5.75 Å². The second-order valence-corrected chi connectivity index (χ2v) is 6.31. The van der Waals surface area contributed by atoms with Crippen LogP contribution in [0.15, 0.2) is 24.3 Å². The summed E-state index contributed by atoms with van der Waals surface area (Å²) in [7, 11) is 3.00. The number of nitrogens with zero attached hydrogens (tertiary/aromatic N) is 1. The lowest BCUT2D eigenvalue weighted by Crippen LogP contribution is -2.53. The molecule has 0 bridgehead atoms. The molecule has 0 unspecified atom stereocenters. The van der Waals surface area contributed by atoms with Gasteiger partial charge < -0.3 is 14.4 Å². The van der Waals surface area contributed by atoms with Gasteiger partial charge in [0.1, 0.15) is 11.3 Å². The van der Waals surface area contributed by atoms with Crippen LogP contribution >= 0.6 is 0 Å². The number of rotatable bonds is 5. The molecule has 1 saturated heterocycles. The van der Waals surface area contributed by atoms with E-state index in [-0.39, 0.29) is 17.8 Å². The Morgan fingerprint density at radius 1 is 1.26 bits per heavy atom. The van der Waals surface area contributed by atoms with Crippen molar-refractivity contribution in [1.82, 2.24) is 4.90 Å². The second-order valence-electron chi connectivity index (χ2n) is 6.31. The molecule has 1 aliphatic rings. The summed E-state index contributed by atoms with van der Waals surface area (Å²) in [5.74, 6) is 0.280. The van der Waals surface area contributed by atoms with Gasteiger partial charge >= 0.3 is 5.97 Å². The highest BCUT2D eigenvalue weighted by molar-refractivity contribution is 5.89. The van der Waals surface area contributed by atoms with E-state index in [1.165, 1.54) is 7.11 Å². The van der Waals surface area contributed by atoms with Crippen LogP contribution in [0.2, 0.25) is 0 Å². The van der Waals surface area contributed by atoms with E-state index in [4.69, 9.17) is 9.47 Å². The zero-order chi connectivity index (χ0) is 17.0. The Bertz CT molecular complexity index is 569. The van der Waals surface area contributed by atoms with E-state index in [2.05, 4.69) is 0 Å². The molecule has 0 saturated carbocycles. The lowest BCUT2D eigenvalue weighted by atomic mass is 9.95. The van der Waals surface area contributed by atoms with Crippen LogP contribution in [0.5, 0.6) is 5.75 Å². The van der Waals surface area contributed by atoms with Crippen LogP contribution in [0.1, 0.15) is 32.3 Å². The van der Waals surface area contributed by atoms with E-state index in [1.807, 2.05) is 31.2 Å². The standard InChI is InChI=1S/C18H25NO4/c1-13(12-14-6-8-15(22-3)9-7-14)16(20)19-11-5-10-18(19,2)17(21)23-4/h6-9,13H,5,10-12H2,1-4H3/t13-,18-/m0/s1. The van der Waals surface area contributed by atoms with Gasteiger partial charge in [0, 0.05) is 12.5 Å². The molecule has 1 aromatic rings. The maximum absolute atomic E-state index is 12.8. The molecule has 5 heteroatoms. The number of methoxy groups -OCH3 is 2. The number of amides is 1. The molecular formula is C18H25NO4. The predicted molar refractivity (Wildman–Crippen MR) is 87.2 cm³/mol. The molecule has 1 fully saturated rings. The number of esters is 1. The zero-order valence-electron chi connectivity index (χ0n) is 14.3. The van der Waals surface area contributed by atoms with E-state index in [0.29, 0.717) is 19.4 Å². The first-order chi connectivity index (χ1) is 10.9. The van der Waals surface area contributed by atoms with E-state index >= 15 is 0 Å². The Labute approximate surface area is 137 Å². The Morgan fingerprint density at radius 3 is 2.48 bits per heavy atom. The van der Waals surface area contributed by atoms with Crippen molar-refractivity contribution in [3.63, 3.8) is 0 Å². The average molecular weight is 319 g/mol. The van der Waals surface area contributed by atoms with Crippen LogP contribution in [0, 0.1) is 5.92 Å². The fraction of sp³-hybridized carbons (Fsp3) is 0.556. The van der Waals surface area contributed by atoms with E-state index in [0.717, 1.165) is 17.7 Å². The molecule has 0 radical (unpaired) electrons. The van der Waals surface area contributed by atoms with Gasteiger partial charge in [0.25, 0.3) is 0 Å². The van der Waals surface area contributed by atoms with Gasteiger partial charge in [0.15, 0.2) is 0 Å². The molecule has 0 aliphatic carbocycles. The highest BCUT2D eigenvalue weighted by Gasteiger charge is 2.47. The number of carbonyl (C=O) groups excluding carboxylic acids is 2. The van der Waals surface area contributed by atoms with Gasteiger partial charge in [-0.2, -0.15) is 0 Å². The van der Waals surface area contributed by atoms with Gasteiger partial charge in [0.2, 0.25) is 5.91 Å². The second kappa shape index (κ2) is 7.02. The third-order valence-electron chi connectivity index (χ3n) is 4.65. The summed E-state index contributed by atoms with van der Waals surface area (Å²) >= 11 is 0.